The van der Waals surface area contributed by atoms with Crippen molar-refractivity contribution >= 4 is 35.0 Å². The van der Waals surface area contributed by atoms with Gasteiger partial charge in [-0.25, -0.2) is 8.78 Å². The Morgan fingerprint density at radius 3 is 2.12 bits per heavy atom. The highest BCUT2D eigenvalue weighted by atomic mass is 19.1. The molecule has 4 rings (SSSR count). The highest BCUT2D eigenvalue weighted by molar-refractivity contribution is 6.23. The SMILES string of the molecule is CC(C(=O)Nc1cc(F)ccc1F)N(C(=O)CN1C(=O)c2ccccc2C1=O)c1ccccc1. The van der Waals surface area contributed by atoms with Gasteiger partial charge in [-0.15, -0.1) is 0 Å². The van der Waals surface area contributed by atoms with Crippen LogP contribution in [0.1, 0.15) is 27.6 Å². The Kier molecular flexibility index (Phi) is 6.18. The lowest BCUT2D eigenvalue weighted by Crippen LogP contribution is -2.50. The lowest BCUT2D eigenvalue weighted by molar-refractivity contribution is -0.123. The van der Waals surface area contributed by atoms with Crippen LogP contribution >= 0.6 is 0 Å². The number of nitrogens with zero attached hydrogens (tertiary/aromatic N) is 2. The Labute approximate surface area is 193 Å². The Hall–Kier alpha value is -4.40. The lowest BCUT2D eigenvalue weighted by Gasteiger charge is -2.30. The highest BCUT2D eigenvalue weighted by Gasteiger charge is 2.38. The largest absolute Gasteiger partial charge is 0.322 e. The molecule has 0 radical (unpaired) electrons. The molecule has 0 saturated carbocycles. The molecule has 3 aromatic rings. The molecule has 0 aliphatic carbocycles. The summed E-state index contributed by atoms with van der Waals surface area (Å²) in [6, 6.07) is 15.8. The number of imide groups is 1. The van der Waals surface area contributed by atoms with Crippen molar-refractivity contribution in [1.29, 1.82) is 0 Å². The molecule has 1 aliphatic heterocycles. The van der Waals surface area contributed by atoms with Crippen LogP contribution in [0.2, 0.25) is 0 Å². The smallest absolute Gasteiger partial charge is 0.262 e. The van der Waals surface area contributed by atoms with Crippen LogP contribution in [0.15, 0.2) is 72.8 Å². The molecule has 1 aliphatic rings. The molecule has 0 fully saturated rings. The molecule has 9 heteroatoms. The number of hydrogen-bond acceptors (Lipinski definition) is 4. The second-order valence-corrected chi connectivity index (χ2v) is 7.63. The molecular weight excluding hydrogens is 444 g/mol. The summed E-state index contributed by atoms with van der Waals surface area (Å²) in [4.78, 5) is 53.5. The summed E-state index contributed by atoms with van der Waals surface area (Å²) in [5, 5.41) is 2.29. The zero-order chi connectivity index (χ0) is 24.4. The Balaban J connectivity index is 1.60. The van der Waals surface area contributed by atoms with Gasteiger partial charge in [-0.3, -0.25) is 29.0 Å². The zero-order valence-corrected chi connectivity index (χ0v) is 18.0. The zero-order valence-electron chi connectivity index (χ0n) is 18.0. The summed E-state index contributed by atoms with van der Waals surface area (Å²) in [5.41, 5.74) is 0.335. The molecule has 7 nitrogen and oxygen atoms in total. The van der Waals surface area contributed by atoms with E-state index in [-0.39, 0.29) is 16.8 Å². The standard InChI is InChI=1S/C25H19F2N3O4/c1-15(23(32)28-21-13-16(26)11-12-20(21)27)30(17-7-3-2-4-8-17)22(31)14-29-24(33)18-9-5-6-10-19(18)25(29)34/h2-13,15H,14H2,1H3,(H,28,32). The van der Waals surface area contributed by atoms with E-state index >= 15 is 0 Å². The maximum absolute atomic E-state index is 14.0. The highest BCUT2D eigenvalue weighted by Crippen LogP contribution is 2.24. The van der Waals surface area contributed by atoms with E-state index in [9.17, 15) is 28.0 Å². The molecular formula is C25H19F2N3O4. The van der Waals surface area contributed by atoms with E-state index in [0.717, 1.165) is 28.0 Å². The fraction of sp³-hybridized carbons (Fsp3) is 0.120. The van der Waals surface area contributed by atoms with Crippen LogP contribution in [-0.2, 0) is 9.59 Å². The molecule has 3 aromatic carbocycles. The molecule has 34 heavy (non-hydrogen) atoms. The van der Waals surface area contributed by atoms with Crippen molar-refractivity contribution in [3.05, 3.63) is 95.6 Å². The van der Waals surface area contributed by atoms with Gasteiger partial charge in [-0.2, -0.15) is 0 Å². The van der Waals surface area contributed by atoms with Gasteiger partial charge in [0.2, 0.25) is 11.8 Å². The van der Waals surface area contributed by atoms with Crippen molar-refractivity contribution in [2.75, 3.05) is 16.8 Å². The molecule has 0 bridgehead atoms. The van der Waals surface area contributed by atoms with E-state index in [1.807, 2.05) is 0 Å². The van der Waals surface area contributed by atoms with Gasteiger partial charge in [0.1, 0.15) is 24.2 Å². The molecule has 1 N–H and O–H groups in total. The summed E-state index contributed by atoms with van der Waals surface area (Å²) in [6.07, 6.45) is 0. The van der Waals surface area contributed by atoms with Crippen molar-refractivity contribution in [3.63, 3.8) is 0 Å². The van der Waals surface area contributed by atoms with Crippen molar-refractivity contribution in [2.24, 2.45) is 0 Å². The minimum absolute atomic E-state index is 0.193. The fourth-order valence-electron chi connectivity index (χ4n) is 3.71. The predicted molar refractivity (Wildman–Crippen MR) is 120 cm³/mol. The summed E-state index contributed by atoms with van der Waals surface area (Å²) < 4.78 is 27.5. The molecule has 0 aromatic heterocycles. The fourth-order valence-corrected chi connectivity index (χ4v) is 3.71. The number of benzene rings is 3. The van der Waals surface area contributed by atoms with Crippen LogP contribution in [0.4, 0.5) is 20.2 Å². The van der Waals surface area contributed by atoms with Crippen molar-refractivity contribution in [1.82, 2.24) is 4.90 Å². The summed E-state index contributed by atoms with van der Waals surface area (Å²) in [7, 11) is 0. The van der Waals surface area contributed by atoms with E-state index in [2.05, 4.69) is 5.32 Å². The monoisotopic (exact) mass is 463 g/mol. The van der Waals surface area contributed by atoms with E-state index in [0.29, 0.717) is 5.69 Å². The van der Waals surface area contributed by atoms with Crippen LogP contribution in [0.25, 0.3) is 0 Å². The van der Waals surface area contributed by atoms with Gasteiger partial charge in [0, 0.05) is 11.8 Å². The van der Waals surface area contributed by atoms with E-state index in [1.165, 1.54) is 19.1 Å². The molecule has 1 heterocycles. The van der Waals surface area contributed by atoms with Gasteiger partial charge in [0.25, 0.3) is 11.8 Å². The number of carbonyl (C=O) groups excluding carboxylic acids is 4. The first-order valence-corrected chi connectivity index (χ1v) is 10.4. The number of nitrogens with one attached hydrogen (secondary N) is 1. The van der Waals surface area contributed by atoms with Crippen LogP contribution in [-0.4, -0.2) is 41.1 Å². The number of hydrogen-bond donors (Lipinski definition) is 1. The molecule has 0 spiro atoms. The van der Waals surface area contributed by atoms with Crippen molar-refractivity contribution < 1.29 is 28.0 Å². The second-order valence-electron chi connectivity index (χ2n) is 7.63. The topological polar surface area (TPSA) is 86.8 Å². The molecule has 1 unspecified atom stereocenters. The molecule has 4 amide bonds. The third-order valence-corrected chi connectivity index (χ3v) is 5.43. The summed E-state index contributed by atoms with van der Waals surface area (Å²) in [5.74, 6) is -4.30. The maximum Gasteiger partial charge on any atom is 0.262 e. The molecule has 172 valence electrons. The van der Waals surface area contributed by atoms with Gasteiger partial charge in [-0.05, 0) is 43.3 Å². The summed E-state index contributed by atoms with van der Waals surface area (Å²) >= 11 is 0. The van der Waals surface area contributed by atoms with Gasteiger partial charge in [-0.1, -0.05) is 30.3 Å². The van der Waals surface area contributed by atoms with Crippen LogP contribution in [0.5, 0.6) is 0 Å². The Morgan fingerprint density at radius 2 is 1.50 bits per heavy atom. The van der Waals surface area contributed by atoms with Crippen molar-refractivity contribution in [3.8, 4) is 0 Å². The van der Waals surface area contributed by atoms with Crippen LogP contribution in [0, 0.1) is 11.6 Å². The van der Waals surface area contributed by atoms with Gasteiger partial charge in [0.05, 0.1) is 16.8 Å². The summed E-state index contributed by atoms with van der Waals surface area (Å²) in [6.45, 7) is 0.799. The molecule has 0 saturated heterocycles. The third kappa shape index (κ3) is 4.27. The Morgan fingerprint density at radius 1 is 0.912 bits per heavy atom. The molecule has 1 atom stereocenters. The normalized spacial score (nSPS) is 13.4. The van der Waals surface area contributed by atoms with Crippen LogP contribution < -0.4 is 10.2 Å². The first kappa shape index (κ1) is 22.8. The van der Waals surface area contributed by atoms with Gasteiger partial charge >= 0.3 is 0 Å². The lowest BCUT2D eigenvalue weighted by atomic mass is 10.1. The Bertz CT molecular complexity index is 1260. The average Bonchev–Trinajstić information content (AvgIpc) is 3.07. The third-order valence-electron chi connectivity index (χ3n) is 5.43. The quantitative estimate of drug-likeness (QED) is 0.566. The number of carbonyl (C=O) groups is 4. The van der Waals surface area contributed by atoms with E-state index in [4.69, 9.17) is 0 Å². The first-order valence-electron chi connectivity index (χ1n) is 10.4. The number of fused-ring (bicyclic) bond motifs is 1. The minimum atomic E-state index is -1.19. The predicted octanol–water partition coefficient (Wildman–Crippen LogP) is 3.62. The second kappa shape index (κ2) is 9.22. The minimum Gasteiger partial charge on any atom is -0.322 e. The van der Waals surface area contributed by atoms with Crippen LogP contribution in [0.3, 0.4) is 0 Å². The van der Waals surface area contributed by atoms with Gasteiger partial charge in [0.15, 0.2) is 0 Å². The number of rotatable bonds is 6. The number of para-hydroxylation sites is 1. The number of amides is 4. The average molecular weight is 463 g/mol. The van der Waals surface area contributed by atoms with Crippen molar-refractivity contribution in [2.45, 2.75) is 13.0 Å². The first-order chi connectivity index (χ1) is 16.3. The van der Waals surface area contributed by atoms with E-state index in [1.54, 1.807) is 42.5 Å². The maximum atomic E-state index is 14.0. The van der Waals surface area contributed by atoms with E-state index < -0.39 is 47.8 Å². The van der Waals surface area contributed by atoms with Gasteiger partial charge < -0.3 is 5.32 Å². The number of halogens is 2. The number of anilines is 2.